The summed E-state index contributed by atoms with van der Waals surface area (Å²) >= 11 is 0. The third-order valence-corrected chi connectivity index (χ3v) is 2.63. The number of benzene rings is 2. The summed E-state index contributed by atoms with van der Waals surface area (Å²) in [6.07, 6.45) is 3.15. The van der Waals surface area contributed by atoms with Crippen LogP contribution in [0.15, 0.2) is 66.9 Å². The minimum atomic E-state index is -0.0499. The van der Waals surface area contributed by atoms with Gasteiger partial charge in [0, 0.05) is 23.5 Å². The normalized spacial score (nSPS) is 10.4. The van der Waals surface area contributed by atoms with E-state index in [2.05, 4.69) is 5.32 Å². The average Bonchev–Trinajstić information content (AvgIpc) is 2.48. The summed E-state index contributed by atoms with van der Waals surface area (Å²) in [6.45, 7) is 0. The van der Waals surface area contributed by atoms with Crippen molar-refractivity contribution < 1.29 is 9.53 Å². The monoisotopic (exact) mass is 253 g/mol. The van der Waals surface area contributed by atoms with Crippen molar-refractivity contribution in [3.63, 3.8) is 0 Å². The van der Waals surface area contributed by atoms with Gasteiger partial charge < -0.3 is 10.1 Å². The maximum Gasteiger partial charge on any atom is 0.187 e. The van der Waals surface area contributed by atoms with Gasteiger partial charge in [-0.25, -0.2) is 0 Å². The fourth-order valence-corrected chi connectivity index (χ4v) is 1.60. The number of allylic oxidation sites excluding steroid dienone is 1. The first-order chi connectivity index (χ1) is 9.29. The molecule has 0 bridgehead atoms. The fraction of sp³-hybridized carbons (Fsp3) is 0.0625. The van der Waals surface area contributed by atoms with Crippen molar-refractivity contribution in [3.8, 4) is 5.75 Å². The molecule has 2 rings (SSSR count). The van der Waals surface area contributed by atoms with Gasteiger partial charge in [0.05, 0.1) is 7.11 Å². The molecular weight excluding hydrogens is 238 g/mol. The Balaban J connectivity index is 1.96. The molecule has 0 aliphatic carbocycles. The van der Waals surface area contributed by atoms with Gasteiger partial charge in [-0.15, -0.1) is 0 Å². The SMILES string of the molecule is COc1ccc(C(=O)/C=C/Nc2ccccc2)cc1. The molecule has 2 aromatic rings. The zero-order valence-corrected chi connectivity index (χ0v) is 10.7. The van der Waals surface area contributed by atoms with Gasteiger partial charge in [-0.1, -0.05) is 18.2 Å². The summed E-state index contributed by atoms with van der Waals surface area (Å²) in [6, 6.07) is 16.7. The maximum atomic E-state index is 11.9. The Hall–Kier alpha value is -2.55. The number of carbonyl (C=O) groups is 1. The molecule has 0 spiro atoms. The van der Waals surface area contributed by atoms with E-state index in [0.29, 0.717) is 5.56 Å². The summed E-state index contributed by atoms with van der Waals surface area (Å²) in [4.78, 5) is 11.9. The van der Waals surface area contributed by atoms with Gasteiger partial charge >= 0.3 is 0 Å². The highest BCUT2D eigenvalue weighted by molar-refractivity contribution is 6.04. The van der Waals surface area contributed by atoms with Crippen molar-refractivity contribution in [2.75, 3.05) is 12.4 Å². The van der Waals surface area contributed by atoms with Crippen molar-refractivity contribution >= 4 is 11.5 Å². The van der Waals surface area contributed by atoms with Crippen LogP contribution in [0, 0.1) is 0 Å². The molecule has 3 heteroatoms. The van der Waals surface area contributed by atoms with Gasteiger partial charge in [-0.05, 0) is 36.4 Å². The third-order valence-electron chi connectivity index (χ3n) is 2.63. The lowest BCUT2D eigenvalue weighted by atomic mass is 10.1. The van der Waals surface area contributed by atoms with Gasteiger partial charge in [-0.2, -0.15) is 0 Å². The lowest BCUT2D eigenvalue weighted by molar-refractivity contribution is 0.104. The van der Waals surface area contributed by atoms with Crippen LogP contribution < -0.4 is 10.1 Å². The van der Waals surface area contributed by atoms with E-state index in [1.54, 1.807) is 37.6 Å². The highest BCUT2D eigenvalue weighted by Crippen LogP contribution is 2.12. The molecule has 0 aromatic heterocycles. The van der Waals surface area contributed by atoms with Gasteiger partial charge in [0.1, 0.15) is 5.75 Å². The lowest BCUT2D eigenvalue weighted by Crippen LogP contribution is -1.96. The lowest BCUT2D eigenvalue weighted by Gasteiger charge is -2.01. The number of ether oxygens (including phenoxy) is 1. The van der Waals surface area contributed by atoms with E-state index >= 15 is 0 Å². The standard InChI is InChI=1S/C16H15NO2/c1-19-15-9-7-13(8-10-15)16(18)11-12-17-14-5-3-2-4-6-14/h2-12,17H,1H3/b12-11+. The molecule has 0 fully saturated rings. The molecule has 0 aliphatic rings. The number of nitrogens with one attached hydrogen (secondary N) is 1. The van der Waals surface area contributed by atoms with E-state index in [1.165, 1.54) is 6.08 Å². The predicted molar refractivity (Wildman–Crippen MR) is 76.5 cm³/mol. The molecule has 0 aliphatic heterocycles. The van der Waals surface area contributed by atoms with Crippen LogP contribution in [0.4, 0.5) is 5.69 Å². The quantitative estimate of drug-likeness (QED) is 0.654. The van der Waals surface area contributed by atoms with Gasteiger partial charge in [-0.3, -0.25) is 4.79 Å². The van der Waals surface area contributed by atoms with E-state index in [1.807, 2.05) is 30.3 Å². The molecule has 1 N–H and O–H groups in total. The van der Waals surface area contributed by atoms with E-state index in [4.69, 9.17) is 4.74 Å². The highest BCUT2D eigenvalue weighted by atomic mass is 16.5. The smallest absolute Gasteiger partial charge is 0.187 e. The second-order valence-electron chi connectivity index (χ2n) is 3.94. The predicted octanol–water partition coefficient (Wildman–Crippen LogP) is 3.50. The number of methoxy groups -OCH3 is 1. The first kappa shape index (κ1) is 12.9. The molecule has 0 radical (unpaired) electrons. The molecule has 19 heavy (non-hydrogen) atoms. The number of ketones is 1. The maximum absolute atomic E-state index is 11.9. The van der Waals surface area contributed by atoms with Crippen molar-refractivity contribution in [3.05, 3.63) is 72.4 Å². The Morgan fingerprint density at radius 3 is 2.37 bits per heavy atom. The molecule has 0 atom stereocenters. The molecule has 2 aromatic carbocycles. The zero-order valence-electron chi connectivity index (χ0n) is 10.7. The van der Waals surface area contributed by atoms with Gasteiger partial charge in [0.25, 0.3) is 0 Å². The Morgan fingerprint density at radius 1 is 1.05 bits per heavy atom. The number of rotatable bonds is 5. The van der Waals surface area contributed by atoms with E-state index in [9.17, 15) is 4.79 Å². The van der Waals surface area contributed by atoms with Crippen molar-refractivity contribution in [1.29, 1.82) is 0 Å². The average molecular weight is 253 g/mol. The van der Waals surface area contributed by atoms with Crippen molar-refractivity contribution in [2.24, 2.45) is 0 Å². The molecule has 0 unspecified atom stereocenters. The van der Waals surface area contributed by atoms with Crippen LogP contribution >= 0.6 is 0 Å². The van der Waals surface area contributed by atoms with Crippen LogP contribution in [-0.4, -0.2) is 12.9 Å². The van der Waals surface area contributed by atoms with Crippen LogP contribution in [0.5, 0.6) is 5.75 Å². The second kappa shape index (κ2) is 6.40. The second-order valence-corrected chi connectivity index (χ2v) is 3.94. The highest BCUT2D eigenvalue weighted by Gasteiger charge is 2.01. The number of carbonyl (C=O) groups excluding carboxylic acids is 1. The molecule has 0 amide bonds. The number of para-hydroxylation sites is 1. The summed E-state index contributed by atoms with van der Waals surface area (Å²) in [7, 11) is 1.60. The minimum absolute atomic E-state index is 0.0499. The third kappa shape index (κ3) is 3.71. The van der Waals surface area contributed by atoms with E-state index in [0.717, 1.165) is 11.4 Å². The largest absolute Gasteiger partial charge is 0.497 e. The van der Waals surface area contributed by atoms with Crippen molar-refractivity contribution in [2.45, 2.75) is 0 Å². The summed E-state index contributed by atoms with van der Waals surface area (Å²) in [5, 5.41) is 3.04. The minimum Gasteiger partial charge on any atom is -0.497 e. The summed E-state index contributed by atoms with van der Waals surface area (Å²) in [5.41, 5.74) is 1.58. The van der Waals surface area contributed by atoms with Crippen LogP contribution in [0.25, 0.3) is 0 Å². The van der Waals surface area contributed by atoms with Crippen molar-refractivity contribution in [1.82, 2.24) is 0 Å². The number of hydrogen-bond acceptors (Lipinski definition) is 3. The first-order valence-corrected chi connectivity index (χ1v) is 5.96. The van der Waals surface area contributed by atoms with E-state index in [-0.39, 0.29) is 5.78 Å². The van der Waals surface area contributed by atoms with E-state index < -0.39 is 0 Å². The van der Waals surface area contributed by atoms with Crippen LogP contribution in [0.3, 0.4) is 0 Å². The van der Waals surface area contributed by atoms with Crippen LogP contribution in [0.1, 0.15) is 10.4 Å². The fourth-order valence-electron chi connectivity index (χ4n) is 1.60. The summed E-state index contributed by atoms with van der Waals surface area (Å²) < 4.78 is 5.05. The van der Waals surface area contributed by atoms with Crippen LogP contribution in [0.2, 0.25) is 0 Å². The van der Waals surface area contributed by atoms with Crippen LogP contribution in [-0.2, 0) is 0 Å². The first-order valence-electron chi connectivity index (χ1n) is 5.96. The topological polar surface area (TPSA) is 38.3 Å². The Labute approximate surface area is 112 Å². The molecule has 3 nitrogen and oxygen atoms in total. The molecular formula is C16H15NO2. The Bertz CT molecular complexity index is 559. The zero-order chi connectivity index (χ0) is 13.5. The molecule has 96 valence electrons. The molecule has 0 saturated heterocycles. The summed E-state index contributed by atoms with van der Waals surface area (Å²) in [5.74, 6) is 0.689. The number of hydrogen-bond donors (Lipinski definition) is 1. The molecule has 0 saturated carbocycles. The van der Waals surface area contributed by atoms with Gasteiger partial charge in [0.15, 0.2) is 5.78 Å². The number of anilines is 1. The molecule has 0 heterocycles. The Kier molecular flexibility index (Phi) is 4.34. The Morgan fingerprint density at radius 2 is 1.74 bits per heavy atom. The van der Waals surface area contributed by atoms with Gasteiger partial charge in [0.2, 0.25) is 0 Å².